The summed E-state index contributed by atoms with van der Waals surface area (Å²) in [6, 6.07) is 19.3. The molecule has 2 heterocycles. The average Bonchev–Trinajstić information content (AvgIpc) is 3.26. The molecule has 33 heavy (non-hydrogen) atoms. The zero-order valence-corrected chi connectivity index (χ0v) is 19.9. The molecule has 1 aromatic heterocycles. The van der Waals surface area contributed by atoms with Gasteiger partial charge in [0.05, 0.1) is 12.2 Å². The van der Waals surface area contributed by atoms with Crippen molar-refractivity contribution in [2.24, 2.45) is 0 Å². The molecule has 1 aliphatic heterocycles. The Morgan fingerprint density at radius 2 is 1.97 bits per heavy atom. The number of anilines is 1. The Hall–Kier alpha value is -3.10. The van der Waals surface area contributed by atoms with Gasteiger partial charge in [-0.25, -0.2) is 0 Å². The minimum Gasteiger partial charge on any atom is -0.385 e. The summed E-state index contributed by atoms with van der Waals surface area (Å²) in [6.07, 6.45) is 2.68. The second-order valence-corrected chi connectivity index (χ2v) is 9.04. The zero-order chi connectivity index (χ0) is 23.4. The van der Waals surface area contributed by atoms with Crippen molar-refractivity contribution in [2.75, 3.05) is 31.4 Å². The maximum atomic E-state index is 13.8. The summed E-state index contributed by atoms with van der Waals surface area (Å²) in [7, 11) is 1.63. The van der Waals surface area contributed by atoms with E-state index in [1.54, 1.807) is 41.4 Å². The van der Waals surface area contributed by atoms with Gasteiger partial charge in [-0.05, 0) is 43.9 Å². The van der Waals surface area contributed by atoms with Crippen molar-refractivity contribution < 1.29 is 14.3 Å². The smallest absolute Gasteiger partial charge is 0.277 e. The zero-order valence-electron chi connectivity index (χ0n) is 19.1. The SMILES string of the molecule is COCCCNC(=O)C1(C)Cn2nc(-c3ccccc3)cc2C(=O)N1c1cccc(SC)c1. The maximum absolute atomic E-state index is 13.8. The first-order valence-electron chi connectivity index (χ1n) is 10.9. The molecule has 1 atom stereocenters. The number of rotatable bonds is 8. The van der Waals surface area contributed by atoms with E-state index in [1.807, 2.05) is 60.9 Å². The van der Waals surface area contributed by atoms with Crippen LogP contribution in [0.4, 0.5) is 5.69 Å². The Bertz CT molecular complexity index is 1150. The predicted octanol–water partition coefficient (Wildman–Crippen LogP) is 3.84. The van der Waals surface area contributed by atoms with Crippen LogP contribution < -0.4 is 10.2 Å². The summed E-state index contributed by atoms with van der Waals surface area (Å²) in [5, 5.41) is 7.67. The van der Waals surface area contributed by atoms with Gasteiger partial charge < -0.3 is 10.1 Å². The van der Waals surface area contributed by atoms with Gasteiger partial charge in [-0.2, -0.15) is 5.10 Å². The van der Waals surface area contributed by atoms with Crippen molar-refractivity contribution in [1.82, 2.24) is 15.1 Å². The fourth-order valence-corrected chi connectivity index (χ4v) is 4.55. The lowest BCUT2D eigenvalue weighted by Crippen LogP contribution is -2.64. The van der Waals surface area contributed by atoms with Gasteiger partial charge in [0.1, 0.15) is 11.2 Å². The van der Waals surface area contributed by atoms with E-state index >= 15 is 0 Å². The van der Waals surface area contributed by atoms with Crippen LogP contribution >= 0.6 is 11.8 Å². The number of fused-ring (bicyclic) bond motifs is 1. The number of hydrogen-bond donors (Lipinski definition) is 1. The predicted molar refractivity (Wildman–Crippen MR) is 131 cm³/mol. The molecule has 1 N–H and O–H groups in total. The topological polar surface area (TPSA) is 76.5 Å². The maximum Gasteiger partial charge on any atom is 0.277 e. The minimum atomic E-state index is -1.14. The fourth-order valence-electron chi connectivity index (χ4n) is 4.09. The molecule has 3 aromatic rings. The van der Waals surface area contributed by atoms with Gasteiger partial charge in [-0.3, -0.25) is 19.2 Å². The molecular formula is C25H28N4O3S. The summed E-state index contributed by atoms with van der Waals surface area (Å²) in [6.45, 7) is 3.07. The minimum absolute atomic E-state index is 0.219. The van der Waals surface area contributed by atoms with Crippen molar-refractivity contribution in [3.8, 4) is 11.3 Å². The van der Waals surface area contributed by atoms with Gasteiger partial charge in [0.2, 0.25) is 5.91 Å². The first-order chi connectivity index (χ1) is 16.0. The third-order valence-electron chi connectivity index (χ3n) is 5.83. The Balaban J connectivity index is 1.75. The highest BCUT2D eigenvalue weighted by molar-refractivity contribution is 7.98. The Kier molecular flexibility index (Phi) is 6.85. The van der Waals surface area contributed by atoms with Crippen LogP contribution in [0.15, 0.2) is 65.6 Å². The number of methoxy groups -OCH3 is 1. The lowest BCUT2D eigenvalue weighted by atomic mass is 9.94. The number of carbonyl (C=O) groups is 2. The van der Waals surface area contributed by atoms with Gasteiger partial charge in [-0.15, -0.1) is 11.8 Å². The Morgan fingerprint density at radius 3 is 2.70 bits per heavy atom. The van der Waals surface area contributed by atoms with Gasteiger partial charge in [0, 0.05) is 36.4 Å². The molecule has 2 amide bonds. The summed E-state index contributed by atoms with van der Waals surface area (Å²) in [5.74, 6) is -0.465. The molecule has 0 bridgehead atoms. The van der Waals surface area contributed by atoms with Crippen molar-refractivity contribution in [3.63, 3.8) is 0 Å². The van der Waals surface area contributed by atoms with Crippen LogP contribution in [0.5, 0.6) is 0 Å². The summed E-state index contributed by atoms with van der Waals surface area (Å²) < 4.78 is 6.75. The molecule has 172 valence electrons. The van der Waals surface area contributed by atoms with Crippen LogP contribution in [0.3, 0.4) is 0 Å². The van der Waals surface area contributed by atoms with Crippen molar-refractivity contribution in [2.45, 2.75) is 30.3 Å². The number of thioether (sulfide) groups is 1. The summed E-state index contributed by atoms with van der Waals surface area (Å²) >= 11 is 1.59. The van der Waals surface area contributed by atoms with E-state index in [4.69, 9.17) is 4.74 Å². The van der Waals surface area contributed by atoms with Crippen LogP contribution in [-0.2, 0) is 16.1 Å². The van der Waals surface area contributed by atoms with E-state index in [0.717, 1.165) is 10.5 Å². The lowest BCUT2D eigenvalue weighted by Gasteiger charge is -2.43. The van der Waals surface area contributed by atoms with E-state index in [1.165, 1.54) is 0 Å². The third kappa shape index (κ3) is 4.54. The van der Waals surface area contributed by atoms with E-state index in [-0.39, 0.29) is 18.4 Å². The normalized spacial score (nSPS) is 17.7. The first-order valence-corrected chi connectivity index (χ1v) is 12.1. The van der Waals surface area contributed by atoms with Crippen molar-refractivity contribution in [1.29, 1.82) is 0 Å². The number of nitrogens with one attached hydrogen (secondary N) is 1. The highest BCUT2D eigenvalue weighted by Gasteiger charge is 2.48. The molecular weight excluding hydrogens is 436 g/mol. The molecule has 8 heteroatoms. The van der Waals surface area contributed by atoms with Crippen LogP contribution in [0, 0.1) is 0 Å². The molecule has 0 saturated carbocycles. The highest BCUT2D eigenvalue weighted by atomic mass is 32.2. The number of hydrogen-bond acceptors (Lipinski definition) is 5. The number of benzene rings is 2. The van der Waals surface area contributed by atoms with Gasteiger partial charge in [-0.1, -0.05) is 36.4 Å². The van der Waals surface area contributed by atoms with Crippen molar-refractivity contribution >= 4 is 29.3 Å². The van der Waals surface area contributed by atoms with Crippen LogP contribution in [0.2, 0.25) is 0 Å². The molecule has 4 rings (SSSR count). The van der Waals surface area contributed by atoms with Crippen molar-refractivity contribution in [3.05, 3.63) is 66.4 Å². The first kappa shape index (κ1) is 23.1. The molecule has 7 nitrogen and oxygen atoms in total. The number of ether oxygens (including phenoxy) is 1. The number of aromatic nitrogens is 2. The summed E-state index contributed by atoms with van der Waals surface area (Å²) in [4.78, 5) is 29.9. The number of nitrogens with zero attached hydrogens (tertiary/aromatic N) is 3. The van der Waals surface area contributed by atoms with Crippen LogP contribution in [-0.4, -0.2) is 53.7 Å². The third-order valence-corrected chi connectivity index (χ3v) is 6.56. The molecule has 0 fully saturated rings. The van der Waals surface area contributed by atoms with Crippen LogP contribution in [0.25, 0.3) is 11.3 Å². The van der Waals surface area contributed by atoms with E-state index < -0.39 is 5.54 Å². The highest BCUT2D eigenvalue weighted by Crippen LogP contribution is 2.35. The monoisotopic (exact) mass is 464 g/mol. The molecule has 2 aromatic carbocycles. The molecule has 1 unspecified atom stereocenters. The summed E-state index contributed by atoms with van der Waals surface area (Å²) in [5.41, 5.74) is 1.65. The lowest BCUT2D eigenvalue weighted by molar-refractivity contribution is -0.126. The second kappa shape index (κ2) is 9.80. The molecule has 0 radical (unpaired) electrons. The van der Waals surface area contributed by atoms with Gasteiger partial charge in [0.15, 0.2) is 0 Å². The van der Waals surface area contributed by atoms with E-state index in [0.29, 0.717) is 36.6 Å². The van der Waals surface area contributed by atoms with Gasteiger partial charge in [0.25, 0.3) is 5.91 Å². The number of carbonyl (C=O) groups excluding carboxylic acids is 2. The average molecular weight is 465 g/mol. The van der Waals surface area contributed by atoms with E-state index in [2.05, 4.69) is 10.4 Å². The molecule has 0 spiro atoms. The van der Waals surface area contributed by atoms with E-state index in [9.17, 15) is 9.59 Å². The van der Waals surface area contributed by atoms with Crippen LogP contribution in [0.1, 0.15) is 23.8 Å². The number of amides is 2. The quantitative estimate of drug-likeness (QED) is 0.405. The van der Waals surface area contributed by atoms with Gasteiger partial charge >= 0.3 is 0 Å². The second-order valence-electron chi connectivity index (χ2n) is 8.16. The largest absolute Gasteiger partial charge is 0.385 e. The standard InChI is InChI=1S/C25H28N4O3S/c1-25(24(31)26-13-8-14-32-2)17-28-22(16-21(27-28)18-9-5-4-6-10-18)23(30)29(25)19-11-7-12-20(15-19)33-3/h4-7,9-12,15-16H,8,13-14,17H2,1-3H3,(H,26,31). The molecule has 1 aliphatic rings. The Morgan fingerprint density at radius 1 is 1.18 bits per heavy atom. The Labute approximate surface area is 198 Å². The fraction of sp³-hybridized carbons (Fsp3) is 0.320. The molecule has 0 aliphatic carbocycles. The molecule has 0 saturated heterocycles.